The first-order valence-corrected chi connectivity index (χ1v) is 11.8. The molecule has 0 atom stereocenters. The molecular formula is C24H37N5O. The zero-order valence-electron chi connectivity index (χ0n) is 18.9. The number of anilines is 1. The van der Waals surface area contributed by atoms with E-state index in [1.807, 2.05) is 12.1 Å². The Hall–Kier alpha value is -1.92. The van der Waals surface area contributed by atoms with Gasteiger partial charge in [-0.05, 0) is 51.4 Å². The quantitative estimate of drug-likeness (QED) is 0.771. The zero-order chi connectivity index (χ0) is 21.1. The summed E-state index contributed by atoms with van der Waals surface area (Å²) in [4.78, 5) is 22.7. The van der Waals surface area contributed by atoms with Crippen LogP contribution in [0.4, 0.5) is 5.69 Å². The van der Waals surface area contributed by atoms with Crippen LogP contribution in [0.25, 0.3) is 11.0 Å². The number of benzene rings is 1. The van der Waals surface area contributed by atoms with Gasteiger partial charge >= 0.3 is 0 Å². The van der Waals surface area contributed by atoms with Gasteiger partial charge in [-0.3, -0.25) is 9.69 Å². The summed E-state index contributed by atoms with van der Waals surface area (Å²) in [6, 6.07) is 6.56. The number of hydrogen-bond acceptors (Lipinski definition) is 4. The SMILES string of the molecule is CCN1CCN(Cc2nc3cc(NC(=O)C4CCCCC4)ccc3n2C(C)C)CC1. The van der Waals surface area contributed by atoms with Gasteiger partial charge < -0.3 is 14.8 Å². The van der Waals surface area contributed by atoms with Crippen molar-refractivity contribution in [2.45, 2.75) is 65.5 Å². The first-order chi connectivity index (χ1) is 14.5. The predicted octanol–water partition coefficient (Wildman–Crippen LogP) is 4.27. The van der Waals surface area contributed by atoms with Gasteiger partial charge in [-0.25, -0.2) is 4.98 Å². The Balaban J connectivity index is 1.51. The van der Waals surface area contributed by atoms with E-state index in [9.17, 15) is 4.79 Å². The molecule has 0 bridgehead atoms. The van der Waals surface area contributed by atoms with Crippen LogP contribution < -0.4 is 5.32 Å². The van der Waals surface area contributed by atoms with Crippen LogP contribution in [-0.4, -0.2) is 58.0 Å². The molecule has 1 amide bonds. The number of fused-ring (bicyclic) bond motifs is 1. The monoisotopic (exact) mass is 411 g/mol. The highest BCUT2D eigenvalue weighted by molar-refractivity contribution is 5.94. The van der Waals surface area contributed by atoms with E-state index < -0.39 is 0 Å². The fourth-order valence-corrected chi connectivity index (χ4v) is 4.99. The lowest BCUT2D eigenvalue weighted by molar-refractivity contribution is -0.120. The number of nitrogens with one attached hydrogen (secondary N) is 1. The Bertz CT molecular complexity index is 860. The number of likely N-dealkylation sites (N-methyl/N-ethyl adjacent to an activating group) is 1. The van der Waals surface area contributed by atoms with E-state index in [2.05, 4.69) is 46.5 Å². The smallest absolute Gasteiger partial charge is 0.227 e. The first-order valence-electron chi connectivity index (χ1n) is 11.8. The van der Waals surface area contributed by atoms with Gasteiger partial charge in [0.2, 0.25) is 5.91 Å². The van der Waals surface area contributed by atoms with Crippen molar-refractivity contribution in [1.29, 1.82) is 0 Å². The van der Waals surface area contributed by atoms with Gasteiger partial charge in [0.05, 0.1) is 17.6 Å². The lowest BCUT2D eigenvalue weighted by Crippen LogP contribution is -2.45. The summed E-state index contributed by atoms with van der Waals surface area (Å²) in [5, 5.41) is 3.15. The van der Waals surface area contributed by atoms with Crippen LogP contribution in [0.5, 0.6) is 0 Å². The summed E-state index contributed by atoms with van der Waals surface area (Å²) in [5.41, 5.74) is 3.00. The highest BCUT2D eigenvalue weighted by Gasteiger charge is 2.23. The van der Waals surface area contributed by atoms with Crippen molar-refractivity contribution < 1.29 is 4.79 Å². The van der Waals surface area contributed by atoms with E-state index in [1.54, 1.807) is 0 Å². The number of amides is 1. The van der Waals surface area contributed by atoms with Crippen LogP contribution in [0.15, 0.2) is 18.2 Å². The molecular weight excluding hydrogens is 374 g/mol. The third kappa shape index (κ3) is 4.70. The van der Waals surface area contributed by atoms with E-state index in [-0.39, 0.29) is 11.8 Å². The minimum atomic E-state index is 0.167. The maximum atomic E-state index is 12.7. The number of piperazine rings is 1. The molecule has 1 aromatic heterocycles. The van der Waals surface area contributed by atoms with Gasteiger partial charge in [-0.2, -0.15) is 0 Å². The normalized spacial score (nSPS) is 19.6. The second-order valence-electron chi connectivity index (χ2n) is 9.23. The van der Waals surface area contributed by atoms with Gasteiger partial charge in [0.25, 0.3) is 0 Å². The molecule has 0 spiro atoms. The number of carbonyl (C=O) groups excluding carboxylic acids is 1. The number of aromatic nitrogens is 2. The molecule has 1 saturated heterocycles. The highest BCUT2D eigenvalue weighted by Crippen LogP contribution is 2.28. The molecule has 1 aliphatic carbocycles. The Labute approximate surface area is 180 Å². The largest absolute Gasteiger partial charge is 0.326 e. The lowest BCUT2D eigenvalue weighted by Gasteiger charge is -2.34. The minimum absolute atomic E-state index is 0.167. The minimum Gasteiger partial charge on any atom is -0.326 e. The number of nitrogens with zero attached hydrogens (tertiary/aromatic N) is 4. The number of imidazole rings is 1. The van der Waals surface area contributed by atoms with Crippen LogP contribution in [0.3, 0.4) is 0 Å². The van der Waals surface area contributed by atoms with Crippen LogP contribution in [0, 0.1) is 5.92 Å². The molecule has 2 heterocycles. The molecule has 1 aliphatic heterocycles. The molecule has 2 aliphatic rings. The zero-order valence-corrected chi connectivity index (χ0v) is 18.9. The summed E-state index contributed by atoms with van der Waals surface area (Å²) < 4.78 is 2.36. The van der Waals surface area contributed by atoms with Crippen molar-refractivity contribution in [3.8, 4) is 0 Å². The third-order valence-electron chi connectivity index (χ3n) is 6.80. The van der Waals surface area contributed by atoms with Gasteiger partial charge in [-0.15, -0.1) is 0 Å². The summed E-state index contributed by atoms with van der Waals surface area (Å²) in [6.07, 6.45) is 5.65. The highest BCUT2D eigenvalue weighted by atomic mass is 16.1. The molecule has 0 radical (unpaired) electrons. The first kappa shape index (κ1) is 21.3. The van der Waals surface area contributed by atoms with Crippen molar-refractivity contribution >= 4 is 22.6 Å². The second kappa shape index (κ2) is 9.48. The van der Waals surface area contributed by atoms with Crippen molar-refractivity contribution in [2.75, 3.05) is 38.0 Å². The topological polar surface area (TPSA) is 53.4 Å². The molecule has 1 aromatic carbocycles. The standard InChI is InChI=1S/C24H37N5O/c1-4-27-12-14-28(15-13-27)17-23-26-21-16-20(10-11-22(21)29(23)18(2)3)25-24(30)19-8-6-5-7-9-19/h10-11,16,18-19H,4-9,12-15,17H2,1-3H3,(H,25,30). The van der Waals surface area contributed by atoms with Crippen LogP contribution in [0.2, 0.25) is 0 Å². The molecule has 6 heteroatoms. The molecule has 4 rings (SSSR count). The van der Waals surface area contributed by atoms with Gasteiger partial charge in [-0.1, -0.05) is 26.2 Å². The molecule has 2 aromatic rings. The summed E-state index contributed by atoms with van der Waals surface area (Å²) in [7, 11) is 0. The van der Waals surface area contributed by atoms with E-state index in [0.717, 1.165) is 74.7 Å². The van der Waals surface area contributed by atoms with Gasteiger partial charge in [0.1, 0.15) is 5.82 Å². The fourth-order valence-electron chi connectivity index (χ4n) is 4.99. The Morgan fingerprint density at radius 1 is 1.10 bits per heavy atom. The molecule has 1 N–H and O–H groups in total. The summed E-state index contributed by atoms with van der Waals surface area (Å²) in [6.45, 7) is 13.2. The molecule has 0 unspecified atom stereocenters. The van der Waals surface area contributed by atoms with Crippen molar-refractivity contribution in [3.63, 3.8) is 0 Å². The fraction of sp³-hybridized carbons (Fsp3) is 0.667. The summed E-state index contributed by atoms with van der Waals surface area (Å²) in [5.74, 6) is 1.46. The van der Waals surface area contributed by atoms with Crippen LogP contribution >= 0.6 is 0 Å². The van der Waals surface area contributed by atoms with Crippen LogP contribution in [0.1, 0.15) is 64.7 Å². The Morgan fingerprint density at radius 2 is 1.80 bits per heavy atom. The van der Waals surface area contributed by atoms with Crippen molar-refractivity contribution in [2.24, 2.45) is 5.92 Å². The maximum Gasteiger partial charge on any atom is 0.227 e. The molecule has 6 nitrogen and oxygen atoms in total. The van der Waals surface area contributed by atoms with Crippen molar-refractivity contribution in [1.82, 2.24) is 19.4 Å². The molecule has 2 fully saturated rings. The van der Waals surface area contributed by atoms with Gasteiger partial charge in [0, 0.05) is 43.8 Å². The number of carbonyl (C=O) groups is 1. The third-order valence-corrected chi connectivity index (χ3v) is 6.80. The maximum absolute atomic E-state index is 12.7. The average molecular weight is 412 g/mol. The molecule has 164 valence electrons. The molecule has 1 saturated carbocycles. The number of rotatable bonds is 6. The lowest BCUT2D eigenvalue weighted by atomic mass is 9.88. The van der Waals surface area contributed by atoms with Crippen molar-refractivity contribution in [3.05, 3.63) is 24.0 Å². The van der Waals surface area contributed by atoms with E-state index in [4.69, 9.17) is 4.98 Å². The second-order valence-corrected chi connectivity index (χ2v) is 9.23. The summed E-state index contributed by atoms with van der Waals surface area (Å²) >= 11 is 0. The molecule has 30 heavy (non-hydrogen) atoms. The van der Waals surface area contributed by atoms with E-state index >= 15 is 0 Å². The van der Waals surface area contributed by atoms with E-state index in [0.29, 0.717) is 6.04 Å². The number of hydrogen-bond donors (Lipinski definition) is 1. The average Bonchev–Trinajstić information content (AvgIpc) is 3.12. The Morgan fingerprint density at radius 3 is 2.47 bits per heavy atom. The van der Waals surface area contributed by atoms with Gasteiger partial charge in [0.15, 0.2) is 0 Å². The Kier molecular flexibility index (Phi) is 6.74. The van der Waals surface area contributed by atoms with E-state index in [1.165, 1.54) is 19.3 Å². The predicted molar refractivity (Wildman–Crippen MR) is 123 cm³/mol. The van der Waals surface area contributed by atoms with Crippen LogP contribution in [-0.2, 0) is 11.3 Å².